The highest BCUT2D eigenvalue weighted by Gasteiger charge is 2.11. The Morgan fingerprint density at radius 2 is 2.19 bits per heavy atom. The van der Waals surface area contributed by atoms with Crippen molar-refractivity contribution in [1.82, 2.24) is 15.0 Å². The number of aromatic amines is 2. The Hall–Kier alpha value is -3.18. The molecule has 0 atom stereocenters. The molecule has 2 rings (SSSR count). The summed E-state index contributed by atoms with van der Waals surface area (Å²) in [5.74, 6) is 4.90. The number of amides is 1. The second-order valence-corrected chi connectivity index (χ2v) is 3.85. The number of hydrogen-bond acceptors (Lipinski definition) is 5. The Morgan fingerprint density at radius 3 is 2.90 bits per heavy atom. The molecule has 8 nitrogen and oxygen atoms in total. The van der Waals surface area contributed by atoms with Gasteiger partial charge in [-0.15, -0.1) is 0 Å². The zero-order valence-electron chi connectivity index (χ0n) is 10.8. The average molecular weight is 285 g/mol. The second-order valence-electron chi connectivity index (χ2n) is 3.85. The number of carbonyl (C=O) groups excluding carboxylic acids is 1. The van der Waals surface area contributed by atoms with Gasteiger partial charge in [0.05, 0.1) is 6.54 Å². The van der Waals surface area contributed by atoms with E-state index in [0.717, 1.165) is 6.20 Å². The lowest BCUT2D eigenvalue weighted by molar-refractivity contribution is 0.102. The highest BCUT2D eigenvalue weighted by Crippen LogP contribution is 2.05. The van der Waals surface area contributed by atoms with Crippen LogP contribution in [0.5, 0.6) is 0 Å². The third kappa shape index (κ3) is 3.65. The van der Waals surface area contributed by atoms with Gasteiger partial charge in [0.25, 0.3) is 11.5 Å². The number of aromatic nitrogens is 3. The van der Waals surface area contributed by atoms with Crippen molar-refractivity contribution in [3.8, 4) is 11.8 Å². The van der Waals surface area contributed by atoms with Gasteiger partial charge in [0, 0.05) is 6.20 Å². The first kappa shape index (κ1) is 14.2. The molecule has 0 spiro atoms. The minimum Gasteiger partial charge on any atom is -0.320 e. The highest BCUT2D eigenvalue weighted by atomic mass is 16.2. The first-order chi connectivity index (χ1) is 10.1. The van der Waals surface area contributed by atoms with Crippen LogP contribution in [0, 0.1) is 11.8 Å². The molecule has 0 bridgehead atoms. The lowest BCUT2D eigenvalue weighted by atomic mass is 10.3. The first-order valence-corrected chi connectivity index (χ1v) is 5.89. The van der Waals surface area contributed by atoms with Crippen LogP contribution in [-0.2, 0) is 0 Å². The summed E-state index contributed by atoms with van der Waals surface area (Å²) in [5.41, 5.74) is 4.00. The number of nitrogens with zero attached hydrogens (tertiary/aromatic N) is 1. The van der Waals surface area contributed by atoms with Gasteiger partial charge in [0.15, 0.2) is 0 Å². The third-order valence-corrected chi connectivity index (χ3v) is 2.37. The minimum absolute atomic E-state index is 0.199. The maximum atomic E-state index is 11.9. The van der Waals surface area contributed by atoms with E-state index in [1.807, 2.05) is 4.98 Å². The van der Waals surface area contributed by atoms with E-state index in [1.165, 1.54) is 0 Å². The predicted octanol–water partition coefficient (Wildman–Crippen LogP) is -0.979. The molecule has 2 aromatic heterocycles. The van der Waals surface area contributed by atoms with E-state index in [1.54, 1.807) is 18.2 Å². The molecule has 2 heterocycles. The van der Waals surface area contributed by atoms with E-state index in [2.05, 4.69) is 27.1 Å². The van der Waals surface area contributed by atoms with E-state index >= 15 is 0 Å². The number of carbonyl (C=O) groups is 1. The molecular formula is C13H11N5O3. The van der Waals surface area contributed by atoms with Crippen LogP contribution in [-0.4, -0.2) is 27.4 Å². The first-order valence-electron chi connectivity index (χ1n) is 5.89. The summed E-state index contributed by atoms with van der Waals surface area (Å²) < 4.78 is 0. The maximum absolute atomic E-state index is 11.9. The molecule has 1 amide bonds. The molecule has 2 aromatic rings. The molecule has 106 valence electrons. The third-order valence-electron chi connectivity index (χ3n) is 2.37. The number of anilines is 1. The molecular weight excluding hydrogens is 274 g/mol. The van der Waals surface area contributed by atoms with Gasteiger partial charge < -0.3 is 16.0 Å². The minimum atomic E-state index is -0.782. The molecule has 0 aromatic carbocycles. The number of nitrogens with two attached hydrogens (primary N) is 1. The number of hydrogen-bond donors (Lipinski definition) is 4. The van der Waals surface area contributed by atoms with Gasteiger partial charge in [-0.25, -0.2) is 9.78 Å². The molecule has 0 radical (unpaired) electrons. The van der Waals surface area contributed by atoms with Crippen LogP contribution in [0.4, 0.5) is 5.82 Å². The Bertz CT molecular complexity index is 841. The lowest BCUT2D eigenvalue weighted by Crippen LogP contribution is -2.29. The Labute approximate surface area is 118 Å². The van der Waals surface area contributed by atoms with Crippen LogP contribution in [0.15, 0.2) is 34.0 Å². The summed E-state index contributed by atoms with van der Waals surface area (Å²) in [6.45, 7) is 0.199. The van der Waals surface area contributed by atoms with Gasteiger partial charge in [-0.2, -0.15) is 0 Å². The smallest absolute Gasteiger partial charge is 0.320 e. The zero-order valence-corrected chi connectivity index (χ0v) is 10.8. The van der Waals surface area contributed by atoms with Crippen molar-refractivity contribution in [3.63, 3.8) is 0 Å². The van der Waals surface area contributed by atoms with Crippen molar-refractivity contribution in [3.05, 3.63) is 56.5 Å². The normalized spacial score (nSPS) is 9.57. The predicted molar refractivity (Wildman–Crippen MR) is 75.8 cm³/mol. The second kappa shape index (κ2) is 6.31. The maximum Gasteiger partial charge on any atom is 0.325 e. The molecule has 8 heteroatoms. The lowest BCUT2D eigenvalue weighted by Gasteiger charge is -2.03. The van der Waals surface area contributed by atoms with Crippen LogP contribution in [0.3, 0.4) is 0 Å². The quantitative estimate of drug-likeness (QED) is 0.526. The summed E-state index contributed by atoms with van der Waals surface area (Å²) in [7, 11) is 0. The van der Waals surface area contributed by atoms with Crippen LogP contribution in [0.25, 0.3) is 0 Å². The van der Waals surface area contributed by atoms with Gasteiger partial charge in [0.2, 0.25) is 0 Å². The molecule has 0 saturated heterocycles. The number of H-pyrrole nitrogens is 2. The summed E-state index contributed by atoms with van der Waals surface area (Å²) in [6.07, 6.45) is 1.04. The summed E-state index contributed by atoms with van der Waals surface area (Å²) in [4.78, 5) is 42.6. The van der Waals surface area contributed by atoms with Crippen molar-refractivity contribution in [2.75, 3.05) is 11.9 Å². The van der Waals surface area contributed by atoms with Gasteiger partial charge in [0.1, 0.15) is 17.1 Å². The molecule has 0 saturated carbocycles. The standard InChI is InChI=1S/C13H11N5O3/c14-6-2-4-8-3-1-5-10(16-8)17-11(19)9-7-15-13(21)18-12(9)20/h1,3,5,7H,6,14H2,(H,16,17,19)(H2,15,18,20,21). The van der Waals surface area contributed by atoms with E-state index in [0.29, 0.717) is 5.69 Å². The van der Waals surface area contributed by atoms with Crippen LogP contribution in [0.2, 0.25) is 0 Å². The number of nitrogens with one attached hydrogen (secondary N) is 3. The fourth-order valence-corrected chi connectivity index (χ4v) is 1.48. The fraction of sp³-hybridized carbons (Fsp3) is 0.0769. The monoisotopic (exact) mass is 285 g/mol. The van der Waals surface area contributed by atoms with Crippen molar-refractivity contribution < 1.29 is 4.79 Å². The molecule has 21 heavy (non-hydrogen) atoms. The summed E-state index contributed by atoms with van der Waals surface area (Å²) in [5, 5.41) is 2.44. The van der Waals surface area contributed by atoms with Crippen molar-refractivity contribution >= 4 is 11.7 Å². The van der Waals surface area contributed by atoms with E-state index in [-0.39, 0.29) is 17.9 Å². The van der Waals surface area contributed by atoms with Gasteiger partial charge in [-0.3, -0.25) is 14.6 Å². The molecule has 0 fully saturated rings. The van der Waals surface area contributed by atoms with Crippen LogP contribution in [0.1, 0.15) is 16.1 Å². The summed E-state index contributed by atoms with van der Waals surface area (Å²) in [6, 6.07) is 4.86. The Kier molecular flexibility index (Phi) is 4.28. The molecule has 0 aliphatic carbocycles. The number of rotatable bonds is 2. The highest BCUT2D eigenvalue weighted by molar-refractivity contribution is 6.03. The topological polar surface area (TPSA) is 134 Å². The van der Waals surface area contributed by atoms with E-state index in [9.17, 15) is 14.4 Å². The Morgan fingerprint density at radius 1 is 1.38 bits per heavy atom. The average Bonchev–Trinajstić information content (AvgIpc) is 2.45. The Balaban J connectivity index is 2.23. The van der Waals surface area contributed by atoms with Crippen molar-refractivity contribution in [1.29, 1.82) is 0 Å². The van der Waals surface area contributed by atoms with Crippen molar-refractivity contribution in [2.45, 2.75) is 0 Å². The summed E-state index contributed by atoms with van der Waals surface area (Å²) >= 11 is 0. The van der Waals surface area contributed by atoms with E-state index < -0.39 is 17.2 Å². The zero-order chi connectivity index (χ0) is 15.2. The van der Waals surface area contributed by atoms with Crippen LogP contribution < -0.4 is 22.3 Å². The molecule has 5 N–H and O–H groups in total. The van der Waals surface area contributed by atoms with Gasteiger partial charge in [-0.1, -0.05) is 12.0 Å². The largest absolute Gasteiger partial charge is 0.325 e. The molecule has 0 aliphatic rings. The van der Waals surface area contributed by atoms with Gasteiger partial charge >= 0.3 is 5.69 Å². The molecule has 0 unspecified atom stereocenters. The van der Waals surface area contributed by atoms with E-state index in [4.69, 9.17) is 5.73 Å². The SMILES string of the molecule is NCC#Cc1cccc(NC(=O)c2c[nH]c(=O)[nH]c2=O)n1. The van der Waals surface area contributed by atoms with Crippen molar-refractivity contribution in [2.24, 2.45) is 5.73 Å². The fourth-order valence-electron chi connectivity index (χ4n) is 1.48. The number of pyridine rings is 1. The van der Waals surface area contributed by atoms with Gasteiger partial charge in [-0.05, 0) is 18.1 Å². The molecule has 0 aliphatic heterocycles. The van der Waals surface area contributed by atoms with Crippen LogP contribution >= 0.6 is 0 Å².